The number of aliphatic hydroxyl groups is 1. The third-order valence-electron chi connectivity index (χ3n) is 8.12. The molecule has 1 amide bonds. The van der Waals surface area contributed by atoms with E-state index in [1.807, 2.05) is 0 Å². The molecule has 3 aliphatic heterocycles. The van der Waals surface area contributed by atoms with Crippen molar-refractivity contribution in [1.82, 2.24) is 9.97 Å². The lowest BCUT2D eigenvalue weighted by atomic mass is 9.79. The zero-order valence-corrected chi connectivity index (χ0v) is 21.9. The zero-order valence-electron chi connectivity index (χ0n) is 20.4. The van der Waals surface area contributed by atoms with Crippen LogP contribution in [0.25, 0.3) is 0 Å². The number of benzene rings is 1. The third kappa shape index (κ3) is 5.68. The number of amides is 1. The van der Waals surface area contributed by atoms with Gasteiger partial charge in [0.1, 0.15) is 6.54 Å². The van der Waals surface area contributed by atoms with Gasteiger partial charge in [0, 0.05) is 49.9 Å². The minimum Gasteiger partial charge on any atom is -1.00 e. The number of rotatable bonds is 7. The van der Waals surface area contributed by atoms with Crippen molar-refractivity contribution in [2.24, 2.45) is 11.8 Å². The Labute approximate surface area is 224 Å². The van der Waals surface area contributed by atoms with Gasteiger partial charge in [-0.25, -0.2) is 23.5 Å². The van der Waals surface area contributed by atoms with E-state index >= 15 is 0 Å². The van der Waals surface area contributed by atoms with E-state index in [9.17, 15) is 23.5 Å². The van der Waals surface area contributed by atoms with Crippen LogP contribution in [0.15, 0.2) is 48.8 Å². The van der Waals surface area contributed by atoms with Crippen molar-refractivity contribution in [2.75, 3.05) is 31.5 Å². The zero-order chi connectivity index (χ0) is 25.4. The molecule has 2 bridgehead atoms. The Morgan fingerprint density at radius 1 is 1.11 bits per heavy atom. The summed E-state index contributed by atoms with van der Waals surface area (Å²) in [6.45, 7) is 2.18. The first-order valence-electron chi connectivity index (χ1n) is 12.5. The van der Waals surface area contributed by atoms with Gasteiger partial charge in [0.2, 0.25) is 11.9 Å². The number of esters is 1. The summed E-state index contributed by atoms with van der Waals surface area (Å²) in [7, 11) is 0. The highest BCUT2D eigenvalue weighted by Crippen LogP contribution is 2.48. The molecule has 2 unspecified atom stereocenters. The van der Waals surface area contributed by atoms with Crippen molar-refractivity contribution in [3.8, 4) is 0 Å². The Hall–Kier alpha value is -2.50. The molecule has 4 fully saturated rings. The number of aromatic nitrogens is 2. The van der Waals surface area contributed by atoms with Crippen molar-refractivity contribution < 1.29 is 49.7 Å². The second-order valence-electron chi connectivity index (χ2n) is 10.5. The predicted octanol–water partition coefficient (Wildman–Crippen LogP) is -0.105. The molecule has 1 saturated carbocycles. The lowest BCUT2D eigenvalue weighted by Gasteiger charge is -2.51. The van der Waals surface area contributed by atoms with E-state index in [0.29, 0.717) is 11.0 Å². The van der Waals surface area contributed by atoms with Crippen molar-refractivity contribution in [3.05, 3.63) is 54.4 Å². The predicted molar refractivity (Wildman–Crippen MR) is 126 cm³/mol. The van der Waals surface area contributed by atoms with E-state index in [-0.39, 0.29) is 59.7 Å². The third-order valence-corrected chi connectivity index (χ3v) is 8.12. The number of carbonyl (C=O) groups excluding carboxylic acids is 2. The fraction of sp³-hybridized carbons (Fsp3) is 0.538. The van der Waals surface area contributed by atoms with Gasteiger partial charge in [-0.15, -0.1) is 0 Å². The number of hydrogen-bond acceptors (Lipinski definition) is 6. The fourth-order valence-electron chi connectivity index (χ4n) is 6.16. The van der Waals surface area contributed by atoms with Crippen LogP contribution in [0.3, 0.4) is 0 Å². The topological polar surface area (TPSA) is 101 Å². The standard InChI is InChI=1S/C26H30F2N4O4.BrH/c27-25(28)10-7-20(15-25)26(35,19-5-2-1-3-6-19)23(34)36-21-16-32(13-8-18(21)9-14-32)17-22(33)31-24-29-11-4-12-30-24;/h1-6,11-12,18,20-21,35H,7-10,13-17H2;1H/t18?,20?,21-,26?,32?;/m0./s1. The number of hydrogen-bond donors (Lipinski definition) is 2. The number of nitrogens with one attached hydrogen (secondary N) is 1. The van der Waals surface area contributed by atoms with Gasteiger partial charge in [0.25, 0.3) is 5.91 Å². The molecule has 4 heterocycles. The maximum atomic E-state index is 14.1. The molecule has 8 nitrogen and oxygen atoms in total. The summed E-state index contributed by atoms with van der Waals surface area (Å²) in [4.78, 5) is 34.4. The molecule has 6 rings (SSSR count). The molecular formula is C26H31BrF2N4O4. The average Bonchev–Trinajstić information content (AvgIpc) is 3.25. The summed E-state index contributed by atoms with van der Waals surface area (Å²) < 4.78 is 34.6. The Balaban J connectivity index is 0.00000320. The minimum atomic E-state index is -2.92. The Morgan fingerprint density at radius 3 is 2.41 bits per heavy atom. The lowest BCUT2D eigenvalue weighted by molar-refractivity contribution is -0.939. The molecule has 0 radical (unpaired) electrons. The molecule has 4 aliphatic rings. The van der Waals surface area contributed by atoms with Crippen LogP contribution < -0.4 is 22.3 Å². The number of quaternary nitrogens is 1. The monoisotopic (exact) mass is 580 g/mol. The molecule has 1 aromatic carbocycles. The molecule has 2 N–H and O–H groups in total. The first-order chi connectivity index (χ1) is 17.2. The molecule has 37 heavy (non-hydrogen) atoms. The summed E-state index contributed by atoms with van der Waals surface area (Å²) >= 11 is 0. The number of ether oxygens (including phenoxy) is 1. The van der Waals surface area contributed by atoms with Gasteiger partial charge in [0.15, 0.2) is 18.2 Å². The van der Waals surface area contributed by atoms with Gasteiger partial charge in [-0.05, 0) is 18.1 Å². The average molecular weight is 581 g/mol. The Bertz CT molecular complexity index is 1100. The van der Waals surface area contributed by atoms with Gasteiger partial charge in [-0.2, -0.15) is 0 Å². The number of nitrogens with zero attached hydrogens (tertiary/aromatic N) is 3. The summed E-state index contributed by atoms with van der Waals surface area (Å²) in [5, 5.41) is 14.4. The van der Waals surface area contributed by atoms with Gasteiger partial charge < -0.3 is 31.3 Å². The number of piperidine rings is 3. The summed E-state index contributed by atoms with van der Waals surface area (Å²) in [6, 6.07) is 9.91. The Morgan fingerprint density at radius 2 is 1.78 bits per heavy atom. The van der Waals surface area contributed by atoms with Crippen LogP contribution in [-0.4, -0.2) is 69.6 Å². The number of anilines is 1. The van der Waals surface area contributed by atoms with Crippen LogP contribution >= 0.6 is 0 Å². The molecule has 11 heteroatoms. The minimum absolute atomic E-state index is 0. The van der Waals surface area contributed by atoms with Gasteiger partial charge in [-0.1, -0.05) is 30.3 Å². The van der Waals surface area contributed by atoms with Gasteiger partial charge in [-0.3, -0.25) is 10.1 Å². The van der Waals surface area contributed by atoms with Gasteiger partial charge >= 0.3 is 5.97 Å². The fourth-order valence-corrected chi connectivity index (χ4v) is 6.16. The highest BCUT2D eigenvalue weighted by Gasteiger charge is 2.56. The number of carbonyl (C=O) groups is 2. The van der Waals surface area contributed by atoms with Crippen LogP contribution in [0.2, 0.25) is 0 Å². The Kier molecular flexibility index (Phi) is 7.96. The molecule has 2 aromatic rings. The maximum absolute atomic E-state index is 14.1. The van der Waals surface area contributed by atoms with E-state index in [2.05, 4.69) is 15.3 Å². The SMILES string of the molecule is O=C(C[N+]12CCC(CC1)[C@@H](OC(=O)C(O)(c1ccccc1)C1CCC(F)(F)C1)C2)Nc1ncccn1.[Br-]. The first kappa shape index (κ1) is 27.5. The van der Waals surface area contributed by atoms with Crippen LogP contribution in [0.4, 0.5) is 14.7 Å². The summed E-state index contributed by atoms with van der Waals surface area (Å²) in [6.07, 6.45) is 3.24. The summed E-state index contributed by atoms with van der Waals surface area (Å²) in [5.74, 6) is -4.62. The van der Waals surface area contributed by atoms with E-state index in [0.717, 1.165) is 25.9 Å². The van der Waals surface area contributed by atoms with Crippen molar-refractivity contribution in [2.45, 2.75) is 49.7 Å². The molecule has 1 aliphatic carbocycles. The van der Waals surface area contributed by atoms with Crippen molar-refractivity contribution in [1.29, 1.82) is 0 Å². The van der Waals surface area contributed by atoms with E-state index in [1.165, 1.54) is 0 Å². The highest BCUT2D eigenvalue weighted by atomic mass is 79.9. The number of alkyl halides is 2. The number of fused-ring (bicyclic) bond motifs is 3. The van der Waals surface area contributed by atoms with Gasteiger partial charge in [0.05, 0.1) is 13.1 Å². The van der Waals surface area contributed by atoms with Crippen LogP contribution in [0, 0.1) is 11.8 Å². The largest absolute Gasteiger partial charge is 1.00 e. The maximum Gasteiger partial charge on any atom is 0.343 e. The van der Waals surface area contributed by atoms with Crippen molar-refractivity contribution >= 4 is 17.8 Å². The van der Waals surface area contributed by atoms with Crippen LogP contribution in [0.5, 0.6) is 0 Å². The second-order valence-corrected chi connectivity index (χ2v) is 10.5. The molecule has 3 saturated heterocycles. The number of halogens is 3. The molecular weight excluding hydrogens is 550 g/mol. The quantitative estimate of drug-likeness (QED) is 0.350. The van der Waals surface area contributed by atoms with E-state index in [1.54, 1.807) is 48.8 Å². The normalized spacial score (nSPS) is 29.5. The molecule has 200 valence electrons. The van der Waals surface area contributed by atoms with Crippen LogP contribution in [0.1, 0.15) is 37.7 Å². The summed E-state index contributed by atoms with van der Waals surface area (Å²) in [5.41, 5.74) is -1.88. The van der Waals surface area contributed by atoms with Crippen LogP contribution in [-0.2, 0) is 19.9 Å². The van der Waals surface area contributed by atoms with E-state index < -0.39 is 35.9 Å². The smallest absolute Gasteiger partial charge is 0.343 e. The van der Waals surface area contributed by atoms with Crippen molar-refractivity contribution in [3.63, 3.8) is 0 Å². The first-order valence-corrected chi connectivity index (χ1v) is 12.5. The second kappa shape index (κ2) is 10.7. The molecule has 0 spiro atoms. The lowest BCUT2D eigenvalue weighted by Crippen LogP contribution is -3.00. The highest BCUT2D eigenvalue weighted by molar-refractivity contribution is 5.89. The molecule has 1 aromatic heterocycles. The van der Waals surface area contributed by atoms with E-state index in [4.69, 9.17) is 4.74 Å². The molecule has 3 atom stereocenters.